The molecule has 0 aliphatic carbocycles. The summed E-state index contributed by atoms with van der Waals surface area (Å²) >= 11 is 0. The van der Waals surface area contributed by atoms with Gasteiger partial charge in [0.15, 0.2) is 0 Å². The molecule has 0 spiro atoms. The van der Waals surface area contributed by atoms with Crippen LogP contribution in [-0.2, 0) is 0 Å². The molecule has 0 heterocycles. The highest BCUT2D eigenvalue weighted by molar-refractivity contribution is 5.09. The number of hydrogen-bond donors (Lipinski definition) is 1. The highest BCUT2D eigenvalue weighted by atomic mass is 16.3. The van der Waals surface area contributed by atoms with Gasteiger partial charge in [-0.05, 0) is 13.8 Å². The van der Waals surface area contributed by atoms with E-state index in [1.807, 2.05) is 6.92 Å². The average molecular weight is 125 g/mol. The van der Waals surface area contributed by atoms with Gasteiger partial charge in [0, 0.05) is 12.8 Å². The third-order valence-electron chi connectivity index (χ3n) is 0.767. The van der Waals surface area contributed by atoms with Crippen LogP contribution in [0.5, 0.6) is 0 Å². The van der Waals surface area contributed by atoms with E-state index in [1.165, 1.54) is 0 Å². The predicted octanol–water partition coefficient (Wildman–Crippen LogP) is 1.37. The second-order valence-electron chi connectivity index (χ2n) is 2.60. The Morgan fingerprint density at radius 3 is 2.44 bits per heavy atom. The third kappa shape index (κ3) is 7.52. The van der Waals surface area contributed by atoms with Gasteiger partial charge < -0.3 is 5.11 Å². The van der Waals surface area contributed by atoms with Gasteiger partial charge in [0.05, 0.1) is 5.60 Å². The molecule has 0 aromatic carbocycles. The van der Waals surface area contributed by atoms with Crippen LogP contribution in [0.4, 0.5) is 0 Å². The summed E-state index contributed by atoms with van der Waals surface area (Å²) in [6.07, 6.45) is 2.31. The molecule has 1 heteroatoms. The normalized spacial score (nSPS) is 10.2. The number of rotatable bonds is 1. The molecule has 51 valence electrons. The van der Waals surface area contributed by atoms with Crippen molar-refractivity contribution in [3.8, 4) is 11.8 Å². The van der Waals surface area contributed by atoms with E-state index in [-0.39, 0.29) is 0 Å². The molecule has 1 nitrogen and oxygen atoms in total. The smallest absolute Gasteiger partial charge is 0.0700 e. The van der Waals surface area contributed by atoms with Gasteiger partial charge in [-0.1, -0.05) is 12.8 Å². The molecule has 0 saturated heterocycles. The van der Waals surface area contributed by atoms with Crippen molar-refractivity contribution in [1.82, 2.24) is 0 Å². The van der Waals surface area contributed by atoms with Crippen molar-refractivity contribution in [1.29, 1.82) is 0 Å². The van der Waals surface area contributed by atoms with E-state index in [0.717, 1.165) is 0 Å². The summed E-state index contributed by atoms with van der Waals surface area (Å²) in [5.74, 6) is 5.59. The van der Waals surface area contributed by atoms with Crippen molar-refractivity contribution in [2.45, 2.75) is 32.8 Å². The van der Waals surface area contributed by atoms with Crippen LogP contribution in [0.3, 0.4) is 0 Å². The van der Waals surface area contributed by atoms with Gasteiger partial charge in [-0.15, -0.1) is 5.92 Å². The molecule has 9 heavy (non-hydrogen) atoms. The Kier molecular flexibility index (Phi) is 3.34. The maximum Gasteiger partial charge on any atom is 0.0700 e. The predicted molar refractivity (Wildman–Crippen MR) is 38.7 cm³/mol. The first kappa shape index (κ1) is 8.52. The lowest BCUT2D eigenvalue weighted by molar-refractivity contribution is 0.0862. The molecule has 0 aromatic rings. The molecule has 0 rings (SSSR count). The molecule has 0 aliphatic heterocycles. The van der Waals surface area contributed by atoms with Crippen molar-refractivity contribution >= 4 is 0 Å². The van der Waals surface area contributed by atoms with Crippen molar-refractivity contribution in [2.75, 3.05) is 0 Å². The Labute approximate surface area is 57.1 Å². The molecule has 0 bridgehead atoms. The van der Waals surface area contributed by atoms with Gasteiger partial charge >= 0.3 is 0 Å². The Morgan fingerprint density at radius 1 is 1.56 bits per heavy atom. The first-order valence-corrected chi connectivity index (χ1v) is 3.05. The van der Waals surface area contributed by atoms with Crippen LogP contribution in [-0.4, -0.2) is 10.7 Å². The average Bonchev–Trinajstić information content (AvgIpc) is 1.63. The van der Waals surface area contributed by atoms with Gasteiger partial charge in [-0.2, -0.15) is 0 Å². The van der Waals surface area contributed by atoms with Crippen LogP contribution in [0, 0.1) is 18.3 Å². The highest BCUT2D eigenvalue weighted by Crippen LogP contribution is 2.04. The van der Waals surface area contributed by atoms with E-state index >= 15 is 0 Å². The van der Waals surface area contributed by atoms with Gasteiger partial charge in [0.1, 0.15) is 0 Å². The fraction of sp³-hybridized carbons (Fsp3) is 0.625. The van der Waals surface area contributed by atoms with Crippen molar-refractivity contribution < 1.29 is 5.11 Å². The van der Waals surface area contributed by atoms with Crippen LogP contribution in [0.15, 0.2) is 0 Å². The van der Waals surface area contributed by atoms with Crippen LogP contribution < -0.4 is 0 Å². The van der Waals surface area contributed by atoms with E-state index in [9.17, 15) is 0 Å². The molecule has 0 unspecified atom stereocenters. The minimum atomic E-state index is -0.643. The van der Waals surface area contributed by atoms with Gasteiger partial charge in [-0.25, -0.2) is 0 Å². The summed E-state index contributed by atoms with van der Waals surface area (Å²) < 4.78 is 0. The molecule has 0 aromatic heterocycles. The first-order valence-electron chi connectivity index (χ1n) is 3.05. The van der Waals surface area contributed by atoms with E-state index in [4.69, 9.17) is 5.11 Å². The fourth-order valence-electron chi connectivity index (χ4n) is 0.369. The summed E-state index contributed by atoms with van der Waals surface area (Å²) in [4.78, 5) is 0. The van der Waals surface area contributed by atoms with E-state index in [0.29, 0.717) is 6.42 Å². The molecule has 0 amide bonds. The molecular weight excluding hydrogens is 112 g/mol. The lowest BCUT2D eigenvalue weighted by Crippen LogP contribution is -2.16. The first-order chi connectivity index (χ1) is 4.06. The topological polar surface area (TPSA) is 20.2 Å². The lowest BCUT2D eigenvalue weighted by Gasteiger charge is -2.11. The standard InChI is InChI=1S/C8H13O/c1-4-5-6-7-8(2,3)9/h4,9H,7H2,1-3H3. The largest absolute Gasteiger partial charge is 0.389 e. The minimum absolute atomic E-state index is 0.539. The van der Waals surface area contributed by atoms with Crippen LogP contribution in [0.1, 0.15) is 27.2 Å². The monoisotopic (exact) mass is 125 g/mol. The Balaban J connectivity index is 3.50. The van der Waals surface area contributed by atoms with Crippen molar-refractivity contribution in [2.24, 2.45) is 0 Å². The van der Waals surface area contributed by atoms with Gasteiger partial charge in [-0.3, -0.25) is 0 Å². The molecule has 0 atom stereocenters. The quantitative estimate of drug-likeness (QED) is 0.525. The second-order valence-corrected chi connectivity index (χ2v) is 2.60. The molecule has 0 saturated carbocycles. The third-order valence-corrected chi connectivity index (χ3v) is 0.767. The van der Waals surface area contributed by atoms with E-state index < -0.39 is 5.60 Å². The zero-order valence-corrected chi connectivity index (χ0v) is 6.23. The summed E-state index contributed by atoms with van der Waals surface area (Å²) in [5, 5.41) is 9.13. The van der Waals surface area contributed by atoms with Crippen LogP contribution in [0.25, 0.3) is 0 Å². The van der Waals surface area contributed by atoms with E-state index in [2.05, 4.69) is 11.8 Å². The van der Waals surface area contributed by atoms with Gasteiger partial charge in [0.25, 0.3) is 0 Å². The van der Waals surface area contributed by atoms with Crippen LogP contribution in [0.2, 0.25) is 0 Å². The molecule has 1 radical (unpaired) electrons. The Morgan fingerprint density at radius 2 is 2.11 bits per heavy atom. The summed E-state index contributed by atoms with van der Waals surface area (Å²) in [5.41, 5.74) is -0.643. The maximum atomic E-state index is 9.13. The van der Waals surface area contributed by atoms with Crippen molar-refractivity contribution in [3.63, 3.8) is 0 Å². The van der Waals surface area contributed by atoms with Gasteiger partial charge in [0.2, 0.25) is 0 Å². The molecule has 1 N–H and O–H groups in total. The Bertz CT molecular complexity index is 120. The molecular formula is C8H13O. The minimum Gasteiger partial charge on any atom is -0.389 e. The van der Waals surface area contributed by atoms with Crippen LogP contribution >= 0.6 is 0 Å². The SMILES string of the molecule is C[CH]C#CCC(C)(C)O. The Hall–Kier alpha value is -0.480. The molecule has 0 aliphatic rings. The fourth-order valence-corrected chi connectivity index (χ4v) is 0.369. The highest BCUT2D eigenvalue weighted by Gasteiger charge is 2.08. The summed E-state index contributed by atoms with van der Waals surface area (Å²) in [7, 11) is 0. The summed E-state index contributed by atoms with van der Waals surface area (Å²) in [6, 6.07) is 0. The zero-order chi connectivity index (χ0) is 7.33. The van der Waals surface area contributed by atoms with E-state index in [1.54, 1.807) is 20.3 Å². The zero-order valence-electron chi connectivity index (χ0n) is 6.23. The molecule has 0 fully saturated rings. The second kappa shape index (κ2) is 3.53. The number of aliphatic hydroxyl groups is 1. The lowest BCUT2D eigenvalue weighted by atomic mass is 10.1. The number of hydrogen-bond acceptors (Lipinski definition) is 1. The summed E-state index contributed by atoms with van der Waals surface area (Å²) in [6.45, 7) is 5.37. The maximum absolute atomic E-state index is 9.13. The van der Waals surface area contributed by atoms with Crippen molar-refractivity contribution in [3.05, 3.63) is 6.42 Å².